The fourth-order valence-electron chi connectivity index (χ4n) is 3.60. The quantitative estimate of drug-likeness (QED) is 0.326. The highest BCUT2D eigenvalue weighted by molar-refractivity contribution is 5.97. The predicted octanol–water partition coefficient (Wildman–Crippen LogP) is 1.87. The molecule has 4 N–H and O–H groups in total. The summed E-state index contributed by atoms with van der Waals surface area (Å²) >= 11 is 0. The van der Waals surface area contributed by atoms with Crippen LogP contribution in [0.3, 0.4) is 0 Å². The molecule has 0 radical (unpaired) electrons. The van der Waals surface area contributed by atoms with Gasteiger partial charge in [0.05, 0.1) is 5.69 Å². The summed E-state index contributed by atoms with van der Waals surface area (Å²) in [4.78, 5) is 50.5. The average Bonchev–Trinajstić information content (AvgIpc) is 2.90. The molecule has 2 rings (SSSR count). The third-order valence-electron chi connectivity index (χ3n) is 5.96. The number of aromatic nitrogens is 2. The number of hydrogen-bond acceptors (Lipinski definition) is 8. The van der Waals surface area contributed by atoms with Crippen LogP contribution >= 0.6 is 0 Å². The van der Waals surface area contributed by atoms with Gasteiger partial charge in [-0.3, -0.25) is 14.4 Å². The van der Waals surface area contributed by atoms with Crippen LogP contribution in [0.25, 0.3) is 0 Å². The van der Waals surface area contributed by atoms with E-state index in [1.165, 1.54) is 13.1 Å². The second kappa shape index (κ2) is 14.2. The van der Waals surface area contributed by atoms with Crippen molar-refractivity contribution >= 4 is 35.0 Å². The first-order chi connectivity index (χ1) is 18.3. The predicted molar refractivity (Wildman–Crippen MR) is 151 cm³/mol. The van der Waals surface area contributed by atoms with Gasteiger partial charge >= 0.3 is 0 Å². The number of carbonyl (C=O) groups is 3. The standard InChI is InChI=1S/C27H39FN8O3/c1-8-21-25(35(5)6)33-24(22(32-21)23(29)37)31-19-11-9-10-18(16-19)12-14-30-26(38)17(2)36(7)27(39)20(28)13-15-34(3)4/h9-11,13,16-17H,8,12,14-15H2,1-7H3,(H2,29,37)(H,30,38)(H,31,33)/b20-13-. The molecule has 0 bridgehead atoms. The van der Waals surface area contributed by atoms with Gasteiger partial charge in [0.2, 0.25) is 5.91 Å². The zero-order chi connectivity index (χ0) is 29.3. The van der Waals surface area contributed by atoms with Crippen molar-refractivity contribution in [1.29, 1.82) is 0 Å². The zero-order valence-corrected chi connectivity index (χ0v) is 23.7. The maximum atomic E-state index is 14.1. The van der Waals surface area contributed by atoms with Crippen LogP contribution in [0.4, 0.5) is 21.7 Å². The Balaban J connectivity index is 2.05. The molecule has 11 nitrogen and oxygen atoms in total. The molecule has 212 valence electrons. The SMILES string of the molecule is CCc1nc(C(N)=O)c(Nc2cccc(CCNC(=O)C(C)N(C)C(=O)/C(F)=C/CN(C)C)c2)nc1N(C)C. The molecule has 0 saturated heterocycles. The first-order valence-electron chi connectivity index (χ1n) is 12.6. The van der Waals surface area contributed by atoms with Crippen LogP contribution in [0.2, 0.25) is 0 Å². The van der Waals surface area contributed by atoms with Gasteiger partial charge in [-0.1, -0.05) is 19.1 Å². The van der Waals surface area contributed by atoms with Crippen LogP contribution in [-0.4, -0.2) is 91.9 Å². The smallest absolute Gasteiger partial charge is 0.282 e. The molecule has 0 spiro atoms. The Bertz CT molecular complexity index is 1220. The van der Waals surface area contributed by atoms with Gasteiger partial charge in [-0.05, 0) is 57.6 Å². The molecule has 39 heavy (non-hydrogen) atoms. The molecule has 1 heterocycles. The minimum atomic E-state index is -0.901. The molecule has 3 amide bonds. The lowest BCUT2D eigenvalue weighted by Gasteiger charge is -2.23. The van der Waals surface area contributed by atoms with Gasteiger partial charge in [0, 0.05) is 39.9 Å². The minimum Gasteiger partial charge on any atom is -0.364 e. The number of benzene rings is 1. The van der Waals surface area contributed by atoms with E-state index in [1.54, 1.807) is 25.9 Å². The number of carbonyl (C=O) groups excluding carboxylic acids is 3. The van der Waals surface area contributed by atoms with Crippen molar-refractivity contribution in [2.24, 2.45) is 5.73 Å². The second-order valence-corrected chi connectivity index (χ2v) is 9.58. The summed E-state index contributed by atoms with van der Waals surface area (Å²) in [5, 5.41) is 5.93. The van der Waals surface area contributed by atoms with Gasteiger partial charge in [0.15, 0.2) is 23.2 Å². The van der Waals surface area contributed by atoms with Gasteiger partial charge in [-0.2, -0.15) is 0 Å². The zero-order valence-electron chi connectivity index (χ0n) is 23.7. The number of hydrogen-bond donors (Lipinski definition) is 3. The Morgan fingerprint density at radius 3 is 2.41 bits per heavy atom. The van der Waals surface area contributed by atoms with Crippen LogP contribution in [0.5, 0.6) is 0 Å². The summed E-state index contributed by atoms with van der Waals surface area (Å²) in [6, 6.07) is 6.56. The lowest BCUT2D eigenvalue weighted by atomic mass is 10.1. The molecule has 0 aliphatic carbocycles. The molecule has 1 unspecified atom stereocenters. The summed E-state index contributed by atoms with van der Waals surface area (Å²) in [5.74, 6) is -1.94. The molecular formula is C27H39FN8O3. The van der Waals surface area contributed by atoms with Crippen LogP contribution in [-0.2, 0) is 22.4 Å². The van der Waals surface area contributed by atoms with Crippen molar-refractivity contribution in [3.8, 4) is 0 Å². The highest BCUT2D eigenvalue weighted by atomic mass is 19.1. The normalized spacial score (nSPS) is 12.2. The van der Waals surface area contributed by atoms with E-state index in [-0.39, 0.29) is 18.1 Å². The number of aryl methyl sites for hydroxylation is 1. The number of nitrogens with zero attached hydrogens (tertiary/aromatic N) is 5. The van der Waals surface area contributed by atoms with E-state index in [0.29, 0.717) is 36.6 Å². The molecule has 0 fully saturated rings. The highest BCUT2D eigenvalue weighted by Gasteiger charge is 2.25. The molecule has 0 aliphatic heterocycles. The number of amides is 3. The number of nitrogens with one attached hydrogen (secondary N) is 2. The van der Waals surface area contributed by atoms with Crippen molar-refractivity contribution in [3.05, 3.63) is 53.1 Å². The first kappa shape index (κ1) is 31.2. The maximum absolute atomic E-state index is 14.1. The highest BCUT2D eigenvalue weighted by Crippen LogP contribution is 2.24. The van der Waals surface area contributed by atoms with Crippen molar-refractivity contribution < 1.29 is 18.8 Å². The fourth-order valence-corrected chi connectivity index (χ4v) is 3.60. The number of halogens is 1. The summed E-state index contributed by atoms with van der Waals surface area (Å²) in [6.45, 7) is 4.04. The maximum Gasteiger partial charge on any atom is 0.282 e. The van der Waals surface area contributed by atoms with Crippen molar-refractivity contribution in [3.63, 3.8) is 0 Å². The Morgan fingerprint density at radius 1 is 1.13 bits per heavy atom. The summed E-state index contributed by atoms with van der Waals surface area (Å²) in [6.07, 6.45) is 2.27. The van der Waals surface area contributed by atoms with E-state index < -0.39 is 29.6 Å². The van der Waals surface area contributed by atoms with Crippen LogP contribution in [0.15, 0.2) is 36.2 Å². The van der Waals surface area contributed by atoms with E-state index in [2.05, 4.69) is 20.6 Å². The van der Waals surface area contributed by atoms with Gasteiger partial charge in [0.25, 0.3) is 11.8 Å². The number of anilines is 3. The molecule has 0 aliphatic rings. The number of nitrogens with two attached hydrogens (primary N) is 1. The number of primary amides is 1. The topological polar surface area (TPSA) is 137 Å². The van der Waals surface area contributed by atoms with E-state index >= 15 is 0 Å². The second-order valence-electron chi connectivity index (χ2n) is 9.58. The molecule has 12 heteroatoms. The van der Waals surface area contributed by atoms with Crippen LogP contribution in [0, 0.1) is 0 Å². The van der Waals surface area contributed by atoms with E-state index in [1.807, 2.05) is 50.2 Å². The van der Waals surface area contributed by atoms with E-state index in [9.17, 15) is 18.8 Å². The molecule has 1 aromatic carbocycles. The minimum absolute atomic E-state index is 0.0516. The third kappa shape index (κ3) is 8.74. The summed E-state index contributed by atoms with van der Waals surface area (Å²) in [5.41, 5.74) is 7.85. The van der Waals surface area contributed by atoms with Crippen molar-refractivity contribution in [2.45, 2.75) is 32.7 Å². The summed E-state index contributed by atoms with van der Waals surface area (Å²) in [7, 11) is 8.61. The van der Waals surface area contributed by atoms with E-state index in [0.717, 1.165) is 10.5 Å². The first-order valence-corrected chi connectivity index (χ1v) is 12.6. The number of rotatable bonds is 13. The van der Waals surface area contributed by atoms with Crippen LogP contribution in [0.1, 0.15) is 35.6 Å². The third-order valence-corrected chi connectivity index (χ3v) is 5.96. The average molecular weight is 543 g/mol. The molecule has 0 saturated carbocycles. The lowest BCUT2D eigenvalue weighted by molar-refractivity contribution is -0.136. The van der Waals surface area contributed by atoms with E-state index in [4.69, 9.17) is 5.73 Å². The van der Waals surface area contributed by atoms with Gasteiger partial charge < -0.3 is 31.1 Å². The van der Waals surface area contributed by atoms with Crippen molar-refractivity contribution in [1.82, 2.24) is 25.1 Å². The monoisotopic (exact) mass is 542 g/mol. The fraction of sp³-hybridized carbons (Fsp3) is 0.444. The van der Waals surface area contributed by atoms with Crippen LogP contribution < -0.4 is 21.3 Å². The Kier molecular flexibility index (Phi) is 11.3. The van der Waals surface area contributed by atoms with Gasteiger partial charge in [-0.25, -0.2) is 14.4 Å². The molecule has 1 atom stereocenters. The molecule has 1 aromatic heterocycles. The largest absolute Gasteiger partial charge is 0.364 e. The summed E-state index contributed by atoms with van der Waals surface area (Å²) < 4.78 is 14.1. The Hall–Kier alpha value is -4.06. The van der Waals surface area contributed by atoms with Crippen molar-refractivity contribution in [2.75, 3.05) is 58.5 Å². The number of likely N-dealkylation sites (N-methyl/N-ethyl adjacent to an activating group) is 2. The lowest BCUT2D eigenvalue weighted by Crippen LogP contribution is -2.46. The molecular weight excluding hydrogens is 503 g/mol. The Labute approximate surface area is 229 Å². The van der Waals surface area contributed by atoms with Gasteiger partial charge in [0.1, 0.15) is 6.04 Å². The van der Waals surface area contributed by atoms with Gasteiger partial charge in [-0.15, -0.1) is 0 Å². The molecule has 2 aromatic rings. The Morgan fingerprint density at radius 2 is 1.82 bits per heavy atom.